The first-order chi connectivity index (χ1) is 20.5. The van der Waals surface area contributed by atoms with Crippen LogP contribution in [0.5, 0.6) is 0 Å². The molecule has 2 N–H and O–H groups in total. The maximum Gasteiger partial charge on any atom is 0.416 e. The van der Waals surface area contributed by atoms with Gasteiger partial charge in [-0.15, -0.1) is 0 Å². The molecule has 1 fully saturated rings. The number of nitrogens with one attached hydrogen (secondary N) is 1. The van der Waals surface area contributed by atoms with Crippen LogP contribution in [0.4, 0.5) is 13.2 Å². The SMILES string of the molecule is CSCC1CC1(NC(=O)c1ccc(COCc2ccc(-c3ccc(C(F)(F)F)cc3)o2)cc1C1CC=CC=C1C)C(=O)O. The molecule has 0 bridgehead atoms. The molecule has 1 heterocycles. The first-order valence-electron chi connectivity index (χ1n) is 13.9. The van der Waals surface area contributed by atoms with Crippen molar-refractivity contribution in [3.05, 3.63) is 106 Å². The van der Waals surface area contributed by atoms with Crippen molar-refractivity contribution in [3.63, 3.8) is 0 Å². The predicted molar refractivity (Wildman–Crippen MR) is 159 cm³/mol. The number of benzene rings is 2. The van der Waals surface area contributed by atoms with E-state index in [1.165, 1.54) is 12.1 Å². The second-order valence-electron chi connectivity index (χ2n) is 11.0. The van der Waals surface area contributed by atoms with E-state index < -0.39 is 29.2 Å². The minimum Gasteiger partial charge on any atom is -0.479 e. The summed E-state index contributed by atoms with van der Waals surface area (Å²) < 4.78 is 50.3. The number of alkyl halides is 3. The summed E-state index contributed by atoms with van der Waals surface area (Å²) in [6.45, 7) is 2.38. The topological polar surface area (TPSA) is 88.8 Å². The number of furan rings is 1. The molecule has 226 valence electrons. The van der Waals surface area contributed by atoms with Crippen LogP contribution in [-0.2, 0) is 28.9 Å². The zero-order chi connectivity index (χ0) is 30.8. The highest BCUT2D eigenvalue weighted by atomic mass is 32.2. The molecule has 3 aromatic rings. The predicted octanol–water partition coefficient (Wildman–Crippen LogP) is 7.61. The minimum absolute atomic E-state index is 0.0379. The van der Waals surface area contributed by atoms with E-state index in [2.05, 4.69) is 5.32 Å². The van der Waals surface area contributed by atoms with Gasteiger partial charge in [-0.05, 0) is 73.2 Å². The van der Waals surface area contributed by atoms with Gasteiger partial charge < -0.3 is 19.6 Å². The molecule has 0 radical (unpaired) electrons. The van der Waals surface area contributed by atoms with E-state index in [1.54, 1.807) is 36.0 Å². The fraction of sp³-hybridized carbons (Fsp3) is 0.333. The summed E-state index contributed by atoms with van der Waals surface area (Å²) in [6.07, 6.45) is 4.68. The molecular formula is C33H32F3NO5S. The number of carbonyl (C=O) groups is 2. The summed E-state index contributed by atoms with van der Waals surface area (Å²) in [5.74, 6) is 0.0547. The molecule has 2 aliphatic carbocycles. The van der Waals surface area contributed by atoms with E-state index in [9.17, 15) is 27.9 Å². The molecule has 43 heavy (non-hydrogen) atoms. The molecule has 0 saturated heterocycles. The molecular weight excluding hydrogens is 579 g/mol. The van der Waals surface area contributed by atoms with Gasteiger partial charge >= 0.3 is 12.1 Å². The fourth-order valence-corrected chi connectivity index (χ4v) is 6.28. The van der Waals surface area contributed by atoms with Crippen LogP contribution in [0.1, 0.15) is 58.5 Å². The monoisotopic (exact) mass is 611 g/mol. The standard InChI is InChI=1S/C33H32F3NO5S/c1-20-5-3-4-6-26(20)28-15-21(7-13-27(28)30(38)37-32(31(39)40)16-24(32)19-43-2)17-41-18-25-12-14-29(42-25)22-8-10-23(11-9-22)33(34,35)36/h3-5,7-15,24,26H,6,16-19H2,1-2H3,(H,37,38)(H,39,40). The Kier molecular flexibility index (Phi) is 8.89. The first kappa shape index (κ1) is 30.7. The van der Waals surface area contributed by atoms with Crippen LogP contribution in [0.2, 0.25) is 0 Å². The van der Waals surface area contributed by atoms with Gasteiger partial charge in [0.25, 0.3) is 5.91 Å². The van der Waals surface area contributed by atoms with E-state index in [4.69, 9.17) is 9.15 Å². The number of thioether (sulfide) groups is 1. The Morgan fingerprint density at radius 3 is 2.56 bits per heavy atom. The van der Waals surface area contributed by atoms with Gasteiger partial charge in [-0.2, -0.15) is 24.9 Å². The van der Waals surface area contributed by atoms with E-state index >= 15 is 0 Å². The van der Waals surface area contributed by atoms with Crippen LogP contribution in [0.3, 0.4) is 0 Å². The second kappa shape index (κ2) is 12.5. The Morgan fingerprint density at radius 1 is 1.12 bits per heavy atom. The highest BCUT2D eigenvalue weighted by molar-refractivity contribution is 7.98. The molecule has 3 atom stereocenters. The summed E-state index contributed by atoms with van der Waals surface area (Å²) >= 11 is 1.56. The third kappa shape index (κ3) is 6.75. The van der Waals surface area contributed by atoms with Gasteiger partial charge in [0.2, 0.25) is 0 Å². The summed E-state index contributed by atoms with van der Waals surface area (Å²) in [6, 6.07) is 13.6. The van der Waals surface area contributed by atoms with E-state index in [0.29, 0.717) is 41.2 Å². The van der Waals surface area contributed by atoms with Crippen LogP contribution in [-0.4, -0.2) is 34.5 Å². The third-order valence-electron chi connectivity index (χ3n) is 8.02. The Balaban J connectivity index is 1.29. The number of allylic oxidation sites excluding steroid dienone is 4. The lowest BCUT2D eigenvalue weighted by molar-refractivity contribution is -0.141. The average molecular weight is 612 g/mol. The normalized spacial score (nSPS) is 21.4. The largest absolute Gasteiger partial charge is 0.479 e. The fourth-order valence-electron chi connectivity index (χ4n) is 5.48. The lowest BCUT2D eigenvalue weighted by Gasteiger charge is -2.24. The van der Waals surface area contributed by atoms with Crippen LogP contribution in [0.25, 0.3) is 11.3 Å². The number of hydrogen-bond acceptors (Lipinski definition) is 5. The number of ether oxygens (including phenoxy) is 1. The van der Waals surface area contributed by atoms with Gasteiger partial charge in [0.1, 0.15) is 23.7 Å². The summed E-state index contributed by atoms with van der Waals surface area (Å²) in [7, 11) is 0. The van der Waals surface area contributed by atoms with Crippen LogP contribution < -0.4 is 5.32 Å². The smallest absolute Gasteiger partial charge is 0.416 e. The number of rotatable bonds is 11. The molecule has 2 aliphatic rings. The van der Waals surface area contributed by atoms with Gasteiger partial charge in [-0.1, -0.05) is 48.1 Å². The van der Waals surface area contributed by atoms with Gasteiger partial charge in [0, 0.05) is 23.0 Å². The quantitative estimate of drug-likeness (QED) is 0.232. The minimum atomic E-state index is -4.40. The maximum atomic E-state index is 13.5. The number of carboxylic acid groups (broad SMARTS) is 1. The second-order valence-corrected chi connectivity index (χ2v) is 11.9. The van der Waals surface area contributed by atoms with Crippen molar-refractivity contribution >= 4 is 23.6 Å². The zero-order valence-corrected chi connectivity index (χ0v) is 24.6. The Labute approximate surface area is 252 Å². The maximum absolute atomic E-state index is 13.5. The van der Waals surface area contributed by atoms with Crippen molar-refractivity contribution in [3.8, 4) is 11.3 Å². The van der Waals surface area contributed by atoms with Crippen LogP contribution >= 0.6 is 11.8 Å². The van der Waals surface area contributed by atoms with Gasteiger partial charge in [-0.3, -0.25) is 4.79 Å². The molecule has 0 aliphatic heterocycles. The van der Waals surface area contributed by atoms with Crippen LogP contribution in [0.15, 0.2) is 82.8 Å². The summed E-state index contributed by atoms with van der Waals surface area (Å²) in [5.41, 5.74) is 1.75. The van der Waals surface area contributed by atoms with Crippen molar-refractivity contribution in [1.29, 1.82) is 0 Å². The first-order valence-corrected chi connectivity index (χ1v) is 15.3. The lowest BCUT2D eigenvalue weighted by atomic mass is 9.82. The lowest BCUT2D eigenvalue weighted by Crippen LogP contribution is -2.45. The molecule has 3 unspecified atom stereocenters. The van der Waals surface area contributed by atoms with Crippen LogP contribution in [0, 0.1) is 5.92 Å². The number of aliphatic carboxylic acids is 1. The molecule has 5 rings (SSSR count). The Hall–Kier alpha value is -3.76. The average Bonchev–Trinajstić information content (AvgIpc) is 3.46. The van der Waals surface area contributed by atoms with Crippen molar-refractivity contribution in [2.75, 3.05) is 12.0 Å². The molecule has 6 nitrogen and oxygen atoms in total. The van der Waals surface area contributed by atoms with E-state index in [1.807, 2.05) is 37.5 Å². The number of carbonyl (C=O) groups excluding carboxylic acids is 1. The van der Waals surface area contributed by atoms with Crippen molar-refractivity contribution < 1.29 is 37.0 Å². The zero-order valence-electron chi connectivity index (χ0n) is 23.7. The highest BCUT2D eigenvalue weighted by Gasteiger charge is 2.61. The molecule has 1 saturated carbocycles. The van der Waals surface area contributed by atoms with Gasteiger partial charge in [0.15, 0.2) is 0 Å². The van der Waals surface area contributed by atoms with Gasteiger partial charge in [0.05, 0.1) is 12.2 Å². The van der Waals surface area contributed by atoms with Crippen molar-refractivity contribution in [2.45, 2.75) is 50.6 Å². The number of hydrogen-bond donors (Lipinski definition) is 2. The summed E-state index contributed by atoms with van der Waals surface area (Å²) in [4.78, 5) is 25.6. The van der Waals surface area contributed by atoms with Gasteiger partial charge in [-0.25, -0.2) is 4.79 Å². The van der Waals surface area contributed by atoms with Crippen molar-refractivity contribution in [2.24, 2.45) is 5.92 Å². The van der Waals surface area contributed by atoms with E-state index in [0.717, 1.165) is 28.8 Å². The third-order valence-corrected chi connectivity index (χ3v) is 8.75. The number of halogens is 3. The number of amides is 1. The molecule has 2 aromatic carbocycles. The number of carboxylic acids is 1. The molecule has 0 spiro atoms. The molecule has 10 heteroatoms. The molecule has 1 amide bonds. The van der Waals surface area contributed by atoms with E-state index in [-0.39, 0.29) is 25.0 Å². The van der Waals surface area contributed by atoms with Crippen molar-refractivity contribution in [1.82, 2.24) is 5.32 Å². The Bertz CT molecular complexity index is 1560. The molecule has 1 aromatic heterocycles. The Morgan fingerprint density at radius 2 is 1.88 bits per heavy atom. The summed E-state index contributed by atoms with van der Waals surface area (Å²) in [5, 5.41) is 12.7. The highest BCUT2D eigenvalue weighted by Crippen LogP contribution is 2.46.